The molecule has 0 unspecified atom stereocenters. The van der Waals surface area contributed by atoms with Crippen LogP contribution in [0.2, 0.25) is 0 Å². The van der Waals surface area contributed by atoms with Gasteiger partial charge in [0.25, 0.3) is 0 Å². The number of amides is 1. The van der Waals surface area contributed by atoms with Crippen LogP contribution < -0.4 is 10.1 Å². The average Bonchev–Trinajstić information content (AvgIpc) is 3.38. The van der Waals surface area contributed by atoms with E-state index >= 15 is 0 Å². The van der Waals surface area contributed by atoms with E-state index in [1.54, 1.807) is 13.3 Å². The third-order valence-corrected chi connectivity index (χ3v) is 5.86. The largest absolute Gasteiger partial charge is 0.497 e. The Hall–Kier alpha value is -2.34. The Morgan fingerprint density at radius 1 is 1.26 bits per heavy atom. The molecule has 1 aliphatic heterocycles. The Bertz CT molecular complexity index is 745. The summed E-state index contributed by atoms with van der Waals surface area (Å²) in [5.41, 5.74) is 0.704. The summed E-state index contributed by atoms with van der Waals surface area (Å²) < 4.78 is 7.11. The van der Waals surface area contributed by atoms with E-state index in [-0.39, 0.29) is 5.91 Å². The van der Waals surface area contributed by atoms with Crippen LogP contribution in [-0.4, -0.2) is 47.3 Å². The molecule has 1 aliphatic carbocycles. The molecule has 1 aromatic heterocycles. The lowest BCUT2D eigenvalue weighted by molar-refractivity contribution is -0.133. The van der Waals surface area contributed by atoms with Gasteiger partial charge < -0.3 is 10.1 Å². The number of carbonyl (C=O) groups is 1. The summed E-state index contributed by atoms with van der Waals surface area (Å²) in [5.74, 6) is 1.68. The van der Waals surface area contributed by atoms with Crippen LogP contribution in [0, 0.1) is 5.92 Å². The van der Waals surface area contributed by atoms with Gasteiger partial charge in [0.15, 0.2) is 0 Å². The summed E-state index contributed by atoms with van der Waals surface area (Å²) in [6.45, 7) is 3.45. The number of methoxy groups -OCH3 is 1. The van der Waals surface area contributed by atoms with Crippen LogP contribution in [-0.2, 0) is 16.9 Å². The minimum atomic E-state index is -0.561. The molecular weight excluding hydrogens is 340 g/mol. The first-order valence-corrected chi connectivity index (χ1v) is 9.83. The smallest absolute Gasteiger partial charge is 0.248 e. The molecule has 2 aromatic rings. The summed E-state index contributed by atoms with van der Waals surface area (Å²) in [5, 5.41) is 7.62. The van der Waals surface area contributed by atoms with Crippen LogP contribution in [0.25, 0.3) is 0 Å². The fraction of sp³-hybridized carbons (Fsp3) is 0.524. The van der Waals surface area contributed by atoms with Gasteiger partial charge in [0.05, 0.1) is 7.11 Å². The third-order valence-electron chi connectivity index (χ3n) is 5.86. The molecule has 2 fully saturated rings. The number of hydrogen-bond acceptors (Lipinski definition) is 4. The highest BCUT2D eigenvalue weighted by Gasteiger charge is 2.44. The van der Waals surface area contributed by atoms with Gasteiger partial charge in [-0.15, -0.1) is 0 Å². The molecule has 1 amide bonds. The highest BCUT2D eigenvalue weighted by atomic mass is 16.5. The molecule has 2 heterocycles. The summed E-state index contributed by atoms with van der Waals surface area (Å²) >= 11 is 0. The summed E-state index contributed by atoms with van der Waals surface area (Å²) in [4.78, 5) is 15.5. The van der Waals surface area contributed by atoms with Gasteiger partial charge in [0.2, 0.25) is 5.91 Å². The number of aromatic nitrogens is 2. The molecule has 6 nitrogen and oxygen atoms in total. The summed E-state index contributed by atoms with van der Waals surface area (Å²) in [6.07, 6.45) is 7.73. The van der Waals surface area contributed by atoms with Crippen molar-refractivity contribution in [1.29, 1.82) is 0 Å². The number of likely N-dealkylation sites (tertiary alicyclic amines) is 1. The molecule has 4 rings (SSSR count). The number of hydrogen-bond donors (Lipinski definition) is 1. The van der Waals surface area contributed by atoms with E-state index in [9.17, 15) is 4.79 Å². The maximum atomic E-state index is 13.1. The number of piperidine rings is 1. The quantitative estimate of drug-likeness (QED) is 0.815. The van der Waals surface area contributed by atoms with E-state index in [4.69, 9.17) is 4.74 Å². The third kappa shape index (κ3) is 4.00. The van der Waals surface area contributed by atoms with Gasteiger partial charge in [-0.3, -0.25) is 14.4 Å². The molecule has 144 valence electrons. The minimum absolute atomic E-state index is 0.127. The molecule has 1 aromatic carbocycles. The molecule has 2 aliphatic rings. The van der Waals surface area contributed by atoms with Gasteiger partial charge in [0, 0.05) is 38.6 Å². The Labute approximate surface area is 160 Å². The lowest BCUT2D eigenvalue weighted by atomic mass is 9.86. The molecule has 0 radical (unpaired) electrons. The number of benzene rings is 1. The first-order chi connectivity index (χ1) is 13.2. The highest BCUT2D eigenvalue weighted by Crippen LogP contribution is 2.32. The van der Waals surface area contributed by atoms with Gasteiger partial charge in [-0.1, -0.05) is 12.1 Å². The van der Waals surface area contributed by atoms with E-state index < -0.39 is 5.54 Å². The Kier molecular flexibility index (Phi) is 5.16. The molecule has 6 heteroatoms. The monoisotopic (exact) mass is 368 g/mol. The molecular formula is C21H28N4O2. The second kappa shape index (κ2) is 7.72. The predicted octanol–water partition coefficient (Wildman–Crippen LogP) is 2.41. The maximum Gasteiger partial charge on any atom is 0.248 e. The maximum absolute atomic E-state index is 13.1. The van der Waals surface area contributed by atoms with E-state index in [0.29, 0.717) is 5.92 Å². The van der Waals surface area contributed by atoms with E-state index in [1.807, 2.05) is 29.1 Å². The lowest BCUT2D eigenvalue weighted by Crippen LogP contribution is -2.55. The molecule has 0 bridgehead atoms. The zero-order chi connectivity index (χ0) is 18.7. The zero-order valence-electron chi connectivity index (χ0n) is 15.9. The number of rotatable bonds is 7. The molecule has 27 heavy (non-hydrogen) atoms. The van der Waals surface area contributed by atoms with Gasteiger partial charge in [0.1, 0.15) is 11.3 Å². The standard InChI is InChI=1S/C21H28N4O2/c1-27-19-7-5-18(6-8-19)16-24-13-9-21(10-14-24,25-12-2-11-23-25)20(26)22-15-17-3-4-17/h2,5-8,11-12,17H,3-4,9-10,13-16H2,1H3,(H,22,26). The van der Waals surface area contributed by atoms with Crippen molar-refractivity contribution in [3.63, 3.8) is 0 Å². The molecule has 1 saturated heterocycles. The van der Waals surface area contributed by atoms with Crippen molar-refractivity contribution in [2.45, 2.75) is 37.8 Å². The van der Waals surface area contributed by atoms with Gasteiger partial charge >= 0.3 is 0 Å². The van der Waals surface area contributed by atoms with Gasteiger partial charge in [-0.2, -0.15) is 5.10 Å². The second-order valence-corrected chi connectivity index (χ2v) is 7.76. The van der Waals surface area contributed by atoms with Crippen molar-refractivity contribution in [2.75, 3.05) is 26.7 Å². The van der Waals surface area contributed by atoms with Crippen LogP contribution >= 0.6 is 0 Å². The van der Waals surface area contributed by atoms with E-state index in [0.717, 1.165) is 44.8 Å². The van der Waals surface area contributed by atoms with Crippen LogP contribution in [0.1, 0.15) is 31.2 Å². The molecule has 1 N–H and O–H groups in total. The van der Waals surface area contributed by atoms with Crippen molar-refractivity contribution in [2.24, 2.45) is 5.92 Å². The summed E-state index contributed by atoms with van der Waals surface area (Å²) in [6, 6.07) is 10.1. The van der Waals surface area contributed by atoms with Crippen LogP contribution in [0.4, 0.5) is 0 Å². The van der Waals surface area contributed by atoms with Crippen LogP contribution in [0.5, 0.6) is 5.75 Å². The fourth-order valence-electron chi connectivity index (χ4n) is 3.88. The topological polar surface area (TPSA) is 59.4 Å². The van der Waals surface area contributed by atoms with Crippen molar-refractivity contribution in [3.8, 4) is 5.75 Å². The average molecular weight is 368 g/mol. The Balaban J connectivity index is 1.41. The molecule has 0 atom stereocenters. The number of nitrogens with one attached hydrogen (secondary N) is 1. The van der Waals surface area contributed by atoms with Crippen molar-refractivity contribution < 1.29 is 9.53 Å². The first kappa shape index (κ1) is 18.0. The van der Waals surface area contributed by atoms with Crippen molar-refractivity contribution in [1.82, 2.24) is 20.0 Å². The highest BCUT2D eigenvalue weighted by molar-refractivity contribution is 5.84. The first-order valence-electron chi connectivity index (χ1n) is 9.83. The van der Waals surface area contributed by atoms with Gasteiger partial charge in [-0.05, 0) is 55.4 Å². The number of carbonyl (C=O) groups excluding carboxylic acids is 1. The molecule has 0 spiro atoms. The SMILES string of the molecule is COc1ccc(CN2CCC(C(=O)NCC3CC3)(n3cccn3)CC2)cc1. The molecule has 1 saturated carbocycles. The number of ether oxygens (including phenoxy) is 1. The van der Waals surface area contributed by atoms with Crippen LogP contribution in [0.3, 0.4) is 0 Å². The Morgan fingerprint density at radius 3 is 2.59 bits per heavy atom. The lowest BCUT2D eigenvalue weighted by Gasteiger charge is -2.40. The summed E-state index contributed by atoms with van der Waals surface area (Å²) in [7, 11) is 1.68. The van der Waals surface area contributed by atoms with Crippen LogP contribution in [0.15, 0.2) is 42.7 Å². The fourth-order valence-corrected chi connectivity index (χ4v) is 3.88. The second-order valence-electron chi connectivity index (χ2n) is 7.76. The van der Waals surface area contributed by atoms with E-state index in [1.165, 1.54) is 18.4 Å². The predicted molar refractivity (Wildman–Crippen MR) is 103 cm³/mol. The minimum Gasteiger partial charge on any atom is -0.497 e. The van der Waals surface area contributed by atoms with Crippen molar-refractivity contribution in [3.05, 3.63) is 48.3 Å². The zero-order valence-corrected chi connectivity index (χ0v) is 15.9. The van der Waals surface area contributed by atoms with E-state index in [2.05, 4.69) is 27.4 Å². The number of nitrogens with zero attached hydrogens (tertiary/aromatic N) is 3. The Morgan fingerprint density at radius 2 is 2.00 bits per heavy atom. The van der Waals surface area contributed by atoms with Gasteiger partial charge in [-0.25, -0.2) is 0 Å². The normalized spacial score (nSPS) is 19.6. The van der Waals surface area contributed by atoms with Crippen molar-refractivity contribution >= 4 is 5.91 Å².